The van der Waals surface area contributed by atoms with Crippen LogP contribution in [0.15, 0.2) is 47.4 Å². The van der Waals surface area contributed by atoms with Crippen molar-refractivity contribution in [2.75, 3.05) is 11.9 Å². The molecule has 2 aromatic rings. The molecule has 144 valence electrons. The largest absolute Gasteiger partial charge is 0.460 e. The van der Waals surface area contributed by atoms with Gasteiger partial charge >= 0.3 is 5.97 Å². The van der Waals surface area contributed by atoms with Gasteiger partial charge in [-0.1, -0.05) is 17.7 Å². The SMILES string of the molecule is CC(=O)Nc1ccc(S(=O)(=O)NCC(=O)OCc2c(F)cccc2Cl)cc1. The fraction of sp³-hybridized carbons (Fsp3) is 0.176. The highest BCUT2D eigenvalue weighted by molar-refractivity contribution is 7.89. The van der Waals surface area contributed by atoms with Crippen molar-refractivity contribution >= 4 is 39.2 Å². The van der Waals surface area contributed by atoms with Crippen LogP contribution in [0.3, 0.4) is 0 Å². The predicted octanol–water partition coefficient (Wildman–Crippen LogP) is 2.46. The van der Waals surface area contributed by atoms with Crippen molar-refractivity contribution < 1.29 is 27.1 Å². The Morgan fingerprint density at radius 1 is 1.15 bits per heavy atom. The number of hydrogen-bond donors (Lipinski definition) is 2. The van der Waals surface area contributed by atoms with Crippen LogP contribution in [0.1, 0.15) is 12.5 Å². The summed E-state index contributed by atoms with van der Waals surface area (Å²) in [5, 5.41) is 2.61. The van der Waals surface area contributed by atoms with E-state index in [1.807, 2.05) is 0 Å². The molecule has 0 aliphatic rings. The lowest BCUT2D eigenvalue weighted by molar-refractivity contribution is -0.143. The van der Waals surface area contributed by atoms with E-state index >= 15 is 0 Å². The first-order valence-electron chi connectivity index (χ1n) is 7.65. The first kappa shape index (κ1) is 20.8. The van der Waals surface area contributed by atoms with Crippen LogP contribution in [0.4, 0.5) is 10.1 Å². The molecule has 0 saturated heterocycles. The number of hydrogen-bond acceptors (Lipinski definition) is 5. The fourth-order valence-electron chi connectivity index (χ4n) is 2.03. The third kappa shape index (κ3) is 6.02. The summed E-state index contributed by atoms with van der Waals surface area (Å²) in [6, 6.07) is 9.40. The molecule has 0 radical (unpaired) electrons. The number of rotatable bonds is 7. The third-order valence-corrected chi connectivity index (χ3v) is 5.10. The van der Waals surface area contributed by atoms with Crippen molar-refractivity contribution in [2.45, 2.75) is 18.4 Å². The Morgan fingerprint density at radius 2 is 1.81 bits per heavy atom. The van der Waals surface area contributed by atoms with Gasteiger partial charge < -0.3 is 10.1 Å². The normalized spacial score (nSPS) is 11.1. The van der Waals surface area contributed by atoms with Gasteiger partial charge in [0.15, 0.2) is 0 Å². The van der Waals surface area contributed by atoms with Gasteiger partial charge in [-0.05, 0) is 36.4 Å². The van der Waals surface area contributed by atoms with Crippen LogP contribution >= 0.6 is 11.6 Å². The van der Waals surface area contributed by atoms with E-state index in [4.69, 9.17) is 16.3 Å². The van der Waals surface area contributed by atoms with Crippen molar-refractivity contribution in [1.29, 1.82) is 0 Å². The number of ether oxygens (including phenoxy) is 1. The standard InChI is InChI=1S/C17H16ClFN2O5S/c1-11(22)21-12-5-7-13(8-6-12)27(24,25)20-9-17(23)26-10-14-15(18)3-2-4-16(14)19/h2-8,20H,9-10H2,1H3,(H,21,22). The van der Waals surface area contributed by atoms with Gasteiger partial charge in [-0.25, -0.2) is 12.8 Å². The molecule has 1 amide bonds. The molecule has 0 heterocycles. The highest BCUT2D eigenvalue weighted by Crippen LogP contribution is 2.19. The summed E-state index contributed by atoms with van der Waals surface area (Å²) < 4.78 is 44.9. The molecule has 7 nitrogen and oxygen atoms in total. The maximum Gasteiger partial charge on any atom is 0.321 e. The van der Waals surface area contributed by atoms with Crippen molar-refractivity contribution in [1.82, 2.24) is 4.72 Å². The number of benzene rings is 2. The maximum absolute atomic E-state index is 13.6. The number of nitrogens with one attached hydrogen (secondary N) is 2. The molecular weight excluding hydrogens is 399 g/mol. The van der Waals surface area contributed by atoms with Crippen LogP contribution < -0.4 is 10.0 Å². The van der Waals surface area contributed by atoms with Gasteiger partial charge in [0, 0.05) is 18.2 Å². The molecule has 0 aromatic heterocycles. The fourth-order valence-corrected chi connectivity index (χ4v) is 3.22. The van der Waals surface area contributed by atoms with Gasteiger partial charge in [0.05, 0.1) is 9.92 Å². The molecule has 2 N–H and O–H groups in total. The molecule has 0 aliphatic carbocycles. The molecule has 0 aliphatic heterocycles. The number of sulfonamides is 1. The Kier molecular flexibility index (Phi) is 6.89. The molecule has 0 unspecified atom stereocenters. The quantitative estimate of drug-likeness (QED) is 0.677. The molecule has 27 heavy (non-hydrogen) atoms. The second-order valence-electron chi connectivity index (χ2n) is 5.39. The van der Waals surface area contributed by atoms with E-state index in [0.29, 0.717) is 5.69 Å². The van der Waals surface area contributed by atoms with Crippen molar-refractivity contribution in [3.8, 4) is 0 Å². The summed E-state index contributed by atoms with van der Waals surface area (Å²) >= 11 is 5.82. The second-order valence-corrected chi connectivity index (χ2v) is 7.57. The van der Waals surface area contributed by atoms with Crippen molar-refractivity contribution in [2.24, 2.45) is 0 Å². The van der Waals surface area contributed by atoms with Gasteiger partial charge in [0.25, 0.3) is 0 Å². The minimum atomic E-state index is -3.96. The lowest BCUT2D eigenvalue weighted by atomic mass is 10.2. The topological polar surface area (TPSA) is 102 Å². The van der Waals surface area contributed by atoms with Gasteiger partial charge in [0.1, 0.15) is 19.0 Å². The van der Waals surface area contributed by atoms with Gasteiger partial charge in [-0.2, -0.15) is 4.72 Å². The first-order valence-corrected chi connectivity index (χ1v) is 9.51. The van der Waals surface area contributed by atoms with Crippen LogP contribution in [0.5, 0.6) is 0 Å². The lowest BCUT2D eigenvalue weighted by Gasteiger charge is -2.09. The molecule has 0 spiro atoms. The zero-order chi connectivity index (χ0) is 20.0. The summed E-state index contributed by atoms with van der Waals surface area (Å²) in [5.41, 5.74) is 0.437. The Balaban J connectivity index is 1.92. The van der Waals surface area contributed by atoms with E-state index in [2.05, 4.69) is 10.0 Å². The Labute approximate surface area is 160 Å². The van der Waals surface area contributed by atoms with E-state index in [1.165, 1.54) is 49.4 Å². The average Bonchev–Trinajstić information content (AvgIpc) is 2.59. The summed E-state index contributed by atoms with van der Waals surface area (Å²) in [6.45, 7) is 0.269. The number of anilines is 1. The maximum atomic E-state index is 13.6. The molecule has 0 bridgehead atoms. The van der Waals surface area contributed by atoms with Gasteiger partial charge in [0.2, 0.25) is 15.9 Å². The zero-order valence-corrected chi connectivity index (χ0v) is 15.7. The molecule has 2 aromatic carbocycles. The summed E-state index contributed by atoms with van der Waals surface area (Å²) in [5.74, 6) is -1.82. The molecule has 0 saturated carbocycles. The minimum Gasteiger partial charge on any atom is -0.460 e. The summed E-state index contributed by atoms with van der Waals surface area (Å²) in [7, 11) is -3.96. The van der Waals surface area contributed by atoms with Crippen LogP contribution in [0.2, 0.25) is 5.02 Å². The smallest absolute Gasteiger partial charge is 0.321 e. The third-order valence-electron chi connectivity index (χ3n) is 3.33. The Morgan fingerprint density at radius 3 is 2.41 bits per heavy atom. The predicted molar refractivity (Wildman–Crippen MR) is 97.1 cm³/mol. The number of halogens is 2. The van der Waals surface area contributed by atoms with Crippen LogP contribution in [0, 0.1) is 5.82 Å². The summed E-state index contributed by atoms with van der Waals surface area (Å²) in [6.07, 6.45) is 0. The Hall–Kier alpha value is -2.49. The molecule has 0 fully saturated rings. The molecule has 0 atom stereocenters. The summed E-state index contributed by atoms with van der Waals surface area (Å²) in [4.78, 5) is 22.6. The zero-order valence-electron chi connectivity index (χ0n) is 14.2. The highest BCUT2D eigenvalue weighted by atomic mass is 35.5. The van der Waals surface area contributed by atoms with Crippen molar-refractivity contribution in [3.63, 3.8) is 0 Å². The van der Waals surface area contributed by atoms with E-state index in [1.54, 1.807) is 0 Å². The number of carbonyl (C=O) groups excluding carboxylic acids is 2. The van der Waals surface area contributed by atoms with Gasteiger partial charge in [-0.3, -0.25) is 9.59 Å². The molecular formula is C17H16ClFN2O5S. The Bertz CT molecular complexity index is 928. The van der Waals surface area contributed by atoms with Gasteiger partial charge in [-0.15, -0.1) is 0 Å². The van der Waals surface area contributed by atoms with Crippen LogP contribution in [-0.4, -0.2) is 26.8 Å². The number of esters is 1. The average molecular weight is 415 g/mol. The van der Waals surface area contributed by atoms with E-state index in [-0.39, 0.29) is 21.4 Å². The van der Waals surface area contributed by atoms with E-state index < -0.39 is 35.0 Å². The highest BCUT2D eigenvalue weighted by Gasteiger charge is 2.17. The number of carbonyl (C=O) groups is 2. The van der Waals surface area contributed by atoms with Crippen molar-refractivity contribution in [3.05, 3.63) is 58.9 Å². The van der Waals surface area contributed by atoms with Crippen LogP contribution in [0.25, 0.3) is 0 Å². The molecule has 2 rings (SSSR count). The molecule has 10 heteroatoms. The minimum absolute atomic E-state index is 0.00364. The first-order chi connectivity index (χ1) is 12.7. The van der Waals surface area contributed by atoms with E-state index in [0.717, 1.165) is 0 Å². The lowest BCUT2D eigenvalue weighted by Crippen LogP contribution is -2.30. The van der Waals surface area contributed by atoms with Crippen LogP contribution in [-0.2, 0) is 31.0 Å². The number of amides is 1. The second kappa shape index (κ2) is 8.94. The monoisotopic (exact) mass is 414 g/mol. The van der Waals surface area contributed by atoms with E-state index in [9.17, 15) is 22.4 Å².